The van der Waals surface area contributed by atoms with Crippen LogP contribution < -0.4 is 5.73 Å². The van der Waals surface area contributed by atoms with Crippen molar-refractivity contribution in [3.63, 3.8) is 0 Å². The van der Waals surface area contributed by atoms with Crippen molar-refractivity contribution >= 4 is 0 Å². The van der Waals surface area contributed by atoms with Gasteiger partial charge in [-0.2, -0.15) is 13.2 Å². The molecular weight excluding hydrogens is 250 g/mol. The summed E-state index contributed by atoms with van der Waals surface area (Å²) in [7, 11) is 0. The van der Waals surface area contributed by atoms with Gasteiger partial charge in [-0.1, -0.05) is 13.8 Å². The second kappa shape index (κ2) is 4.85. The van der Waals surface area contributed by atoms with Gasteiger partial charge in [0, 0.05) is 18.1 Å². The average Bonchev–Trinajstić information content (AvgIpc) is 2.26. The molecule has 0 heterocycles. The number of aliphatic hydroxyl groups is 1. The largest absolute Gasteiger partial charge is 0.416 e. The first kappa shape index (κ1) is 14.9. The average molecular weight is 265 g/mol. The molecule has 1 atom stereocenters. The Morgan fingerprint density at radius 2 is 1.83 bits per heavy atom. The number of hydrogen-bond acceptors (Lipinski definition) is 2. The van der Waals surface area contributed by atoms with Crippen molar-refractivity contribution in [2.24, 2.45) is 11.1 Å². The number of benzene rings is 1. The fraction of sp³-hybridized carbons (Fsp3) is 0.500. The Hall–Kier alpha value is -1.14. The van der Waals surface area contributed by atoms with E-state index in [2.05, 4.69) is 0 Å². The molecule has 102 valence electrons. The molecule has 3 N–H and O–H groups in total. The number of hydrogen-bond donors (Lipinski definition) is 2. The fourth-order valence-electron chi connectivity index (χ4n) is 1.57. The molecule has 0 aliphatic heterocycles. The minimum absolute atomic E-state index is 0.346. The van der Waals surface area contributed by atoms with E-state index in [4.69, 9.17) is 10.8 Å². The SMILES string of the molecule is CC(C)(CO)[C@@H](N)c1cc(F)ccc1C(F)(F)F. The van der Waals surface area contributed by atoms with Crippen molar-refractivity contribution in [1.82, 2.24) is 0 Å². The maximum atomic E-state index is 13.1. The zero-order valence-electron chi connectivity index (χ0n) is 10.1. The quantitative estimate of drug-likeness (QED) is 0.825. The topological polar surface area (TPSA) is 46.2 Å². The van der Waals surface area contributed by atoms with E-state index in [1.807, 2.05) is 0 Å². The van der Waals surface area contributed by atoms with Crippen LogP contribution in [0.2, 0.25) is 0 Å². The summed E-state index contributed by atoms with van der Waals surface area (Å²) in [4.78, 5) is 0. The van der Waals surface area contributed by atoms with Crippen LogP contribution in [0.5, 0.6) is 0 Å². The van der Waals surface area contributed by atoms with Crippen LogP contribution in [0.3, 0.4) is 0 Å². The molecule has 0 aliphatic carbocycles. The first-order valence-electron chi connectivity index (χ1n) is 5.32. The molecule has 0 saturated carbocycles. The molecule has 0 aliphatic rings. The van der Waals surface area contributed by atoms with Gasteiger partial charge in [0.05, 0.1) is 5.56 Å². The third-order valence-corrected chi connectivity index (χ3v) is 2.90. The molecule has 0 amide bonds. The van der Waals surface area contributed by atoms with Crippen molar-refractivity contribution in [3.05, 3.63) is 35.1 Å². The summed E-state index contributed by atoms with van der Waals surface area (Å²) in [6.07, 6.45) is -4.60. The smallest absolute Gasteiger partial charge is 0.396 e. The molecule has 0 saturated heterocycles. The summed E-state index contributed by atoms with van der Waals surface area (Å²) in [5.74, 6) is -0.790. The number of halogens is 4. The van der Waals surface area contributed by atoms with E-state index in [0.29, 0.717) is 6.07 Å². The van der Waals surface area contributed by atoms with Crippen LogP contribution in [0, 0.1) is 11.2 Å². The van der Waals surface area contributed by atoms with E-state index in [-0.39, 0.29) is 5.56 Å². The minimum Gasteiger partial charge on any atom is -0.396 e. The second-order valence-corrected chi connectivity index (χ2v) is 4.85. The molecule has 0 aromatic heterocycles. The van der Waals surface area contributed by atoms with Gasteiger partial charge in [-0.15, -0.1) is 0 Å². The molecular formula is C12H15F4NO. The van der Waals surface area contributed by atoms with E-state index < -0.39 is 35.6 Å². The molecule has 1 rings (SSSR count). The van der Waals surface area contributed by atoms with Gasteiger partial charge < -0.3 is 10.8 Å². The highest BCUT2D eigenvalue weighted by atomic mass is 19.4. The van der Waals surface area contributed by atoms with Gasteiger partial charge in [-0.3, -0.25) is 0 Å². The first-order chi connectivity index (χ1) is 8.09. The Balaban J connectivity index is 3.34. The summed E-state index contributed by atoms with van der Waals surface area (Å²) in [6, 6.07) is 1.06. The number of nitrogens with two attached hydrogens (primary N) is 1. The van der Waals surface area contributed by atoms with Crippen molar-refractivity contribution in [1.29, 1.82) is 0 Å². The van der Waals surface area contributed by atoms with Gasteiger partial charge >= 0.3 is 6.18 Å². The van der Waals surface area contributed by atoms with Gasteiger partial charge in [0.1, 0.15) is 5.82 Å². The molecule has 1 aromatic rings. The summed E-state index contributed by atoms with van der Waals surface area (Å²) in [6.45, 7) is 2.63. The van der Waals surface area contributed by atoms with Crippen molar-refractivity contribution in [2.45, 2.75) is 26.1 Å². The molecule has 6 heteroatoms. The van der Waals surface area contributed by atoms with Crippen molar-refractivity contribution < 1.29 is 22.7 Å². The summed E-state index contributed by atoms with van der Waals surface area (Å²) in [5.41, 5.74) is 3.42. The Kier molecular flexibility index (Phi) is 4.02. The van der Waals surface area contributed by atoms with Gasteiger partial charge in [-0.25, -0.2) is 4.39 Å². The maximum absolute atomic E-state index is 13.1. The lowest BCUT2D eigenvalue weighted by Crippen LogP contribution is -2.34. The zero-order chi connectivity index (χ0) is 14.1. The summed E-state index contributed by atoms with van der Waals surface area (Å²) < 4.78 is 51.5. The molecule has 0 unspecified atom stereocenters. The predicted molar refractivity (Wildman–Crippen MR) is 59.2 cm³/mol. The van der Waals surface area contributed by atoms with E-state index in [0.717, 1.165) is 12.1 Å². The third kappa shape index (κ3) is 3.00. The van der Waals surface area contributed by atoms with Gasteiger partial charge in [0.25, 0.3) is 0 Å². The summed E-state index contributed by atoms with van der Waals surface area (Å²) in [5, 5.41) is 9.13. The minimum atomic E-state index is -4.60. The van der Waals surface area contributed by atoms with Crippen LogP contribution >= 0.6 is 0 Å². The number of rotatable bonds is 3. The van der Waals surface area contributed by atoms with Crippen LogP contribution in [-0.4, -0.2) is 11.7 Å². The number of aliphatic hydroxyl groups excluding tert-OH is 1. The van der Waals surface area contributed by atoms with Gasteiger partial charge in [0.15, 0.2) is 0 Å². The van der Waals surface area contributed by atoms with Gasteiger partial charge in [0.2, 0.25) is 0 Å². The van der Waals surface area contributed by atoms with E-state index >= 15 is 0 Å². The van der Waals surface area contributed by atoms with E-state index in [1.165, 1.54) is 13.8 Å². The monoisotopic (exact) mass is 265 g/mol. The van der Waals surface area contributed by atoms with Crippen LogP contribution in [-0.2, 0) is 6.18 Å². The van der Waals surface area contributed by atoms with E-state index in [9.17, 15) is 17.6 Å². The molecule has 2 nitrogen and oxygen atoms in total. The summed E-state index contributed by atoms with van der Waals surface area (Å²) >= 11 is 0. The molecule has 0 spiro atoms. The third-order valence-electron chi connectivity index (χ3n) is 2.90. The van der Waals surface area contributed by atoms with Crippen molar-refractivity contribution in [2.75, 3.05) is 6.61 Å². The fourth-order valence-corrected chi connectivity index (χ4v) is 1.57. The maximum Gasteiger partial charge on any atom is 0.416 e. The lowest BCUT2D eigenvalue weighted by Gasteiger charge is -2.31. The Morgan fingerprint density at radius 1 is 1.28 bits per heavy atom. The van der Waals surface area contributed by atoms with E-state index in [1.54, 1.807) is 0 Å². The molecule has 0 fully saturated rings. The molecule has 18 heavy (non-hydrogen) atoms. The molecule has 1 aromatic carbocycles. The molecule has 0 radical (unpaired) electrons. The number of alkyl halides is 3. The highest BCUT2D eigenvalue weighted by molar-refractivity contribution is 5.34. The normalized spacial score (nSPS) is 14.7. The van der Waals surface area contributed by atoms with Crippen LogP contribution in [0.1, 0.15) is 31.0 Å². The Morgan fingerprint density at radius 3 is 2.28 bits per heavy atom. The predicted octanol–water partition coefficient (Wildman–Crippen LogP) is 2.86. The lowest BCUT2D eigenvalue weighted by atomic mass is 9.80. The van der Waals surface area contributed by atoms with Gasteiger partial charge in [-0.05, 0) is 23.8 Å². The first-order valence-corrected chi connectivity index (χ1v) is 5.32. The Labute approximate surface area is 102 Å². The standard InChI is InChI=1S/C12H15F4NO/c1-11(2,6-18)10(17)8-5-7(13)3-4-9(8)12(14,15)16/h3-5,10,18H,6,17H2,1-2H3/t10-/m0/s1. The highest BCUT2D eigenvalue weighted by Gasteiger charge is 2.38. The Bertz CT molecular complexity index is 429. The van der Waals surface area contributed by atoms with Crippen LogP contribution in [0.25, 0.3) is 0 Å². The van der Waals surface area contributed by atoms with Crippen molar-refractivity contribution in [3.8, 4) is 0 Å². The highest BCUT2D eigenvalue weighted by Crippen LogP contribution is 2.39. The second-order valence-electron chi connectivity index (χ2n) is 4.85. The zero-order valence-corrected chi connectivity index (χ0v) is 10.1. The van der Waals surface area contributed by atoms with Crippen LogP contribution in [0.15, 0.2) is 18.2 Å². The molecule has 0 bridgehead atoms. The van der Waals surface area contributed by atoms with Crippen LogP contribution in [0.4, 0.5) is 17.6 Å². The lowest BCUT2D eigenvalue weighted by molar-refractivity contribution is -0.138.